The van der Waals surface area contributed by atoms with Gasteiger partial charge in [0, 0.05) is 24.9 Å². The Labute approximate surface area is 582 Å². The first-order valence-electron chi connectivity index (χ1n) is 21.7. The summed E-state index contributed by atoms with van der Waals surface area (Å²) in [6.07, 6.45) is 10.8. The fourth-order valence-electron chi connectivity index (χ4n) is 6.33. The second-order valence-electron chi connectivity index (χ2n) is 14.9. The van der Waals surface area contributed by atoms with Crippen molar-refractivity contribution in [1.82, 2.24) is 0 Å². The molecule has 3 atom stereocenters. The van der Waals surface area contributed by atoms with Gasteiger partial charge in [-0.2, -0.15) is 157 Å². The van der Waals surface area contributed by atoms with E-state index < -0.39 is 7.92 Å². The molecule has 444 valence electrons. The van der Waals surface area contributed by atoms with Crippen LogP contribution < -0.4 is 29.9 Å². The zero-order valence-corrected chi connectivity index (χ0v) is 61.2. The third-order valence-corrected chi connectivity index (χ3v) is 18.7. The Hall–Kier alpha value is -1.57. The molecule has 0 aromatic heterocycles. The Kier molecular flexibility index (Phi) is 59.0. The molecule has 0 spiro atoms. The van der Waals surface area contributed by atoms with E-state index in [9.17, 15) is 4.39 Å². The minimum atomic E-state index is -0.486. The number of nitrogens with zero attached hydrogens (tertiary/aromatic N) is 7. The van der Waals surface area contributed by atoms with Gasteiger partial charge < -0.3 is 68.9 Å². The topological polar surface area (TPSA) is 50.2 Å². The van der Waals surface area contributed by atoms with Crippen LogP contribution in [0.5, 0.6) is 0 Å². The van der Waals surface area contributed by atoms with Gasteiger partial charge in [0.25, 0.3) is 0 Å². The van der Waals surface area contributed by atoms with E-state index in [0.29, 0.717) is 6.73 Å². The summed E-state index contributed by atoms with van der Waals surface area (Å²) in [6.45, 7) is 4.89. The molecule has 0 aliphatic carbocycles. The van der Waals surface area contributed by atoms with Gasteiger partial charge in [0.15, 0.2) is 6.73 Å². The van der Waals surface area contributed by atoms with Crippen LogP contribution in [0.2, 0.25) is 0 Å². The number of ether oxygens (including phenoxy) is 1. The van der Waals surface area contributed by atoms with Crippen LogP contribution in [0, 0.1) is 81.0 Å². The van der Waals surface area contributed by atoms with Crippen molar-refractivity contribution in [2.45, 2.75) is 0 Å². The molecule has 0 fully saturated rings. The maximum absolute atomic E-state index is 13.1. The second kappa shape index (κ2) is 52.7. The molecule has 6 aromatic carbocycles. The number of hydrazone groups is 1. The average molecular weight is 1730 g/mol. The van der Waals surface area contributed by atoms with Gasteiger partial charge in [0.2, 0.25) is 0 Å². The Morgan fingerprint density at radius 2 is 1.02 bits per heavy atom. The average Bonchev–Trinajstić information content (AvgIpc) is 4.29. The van der Waals surface area contributed by atoms with Crippen LogP contribution in [0.1, 0.15) is 0 Å². The Bertz CT molecular complexity index is 2370. The second-order valence-corrected chi connectivity index (χ2v) is 24.0. The number of para-hydroxylation sites is 5. The van der Waals surface area contributed by atoms with E-state index in [-0.39, 0.29) is 183 Å². The zero-order chi connectivity index (χ0) is 47.7. The molecule has 8 nitrogen and oxygen atoms in total. The Morgan fingerprint density at radius 1 is 0.531 bits per heavy atom. The van der Waals surface area contributed by atoms with E-state index in [0.717, 1.165) is 52.6 Å². The number of anilines is 5. The van der Waals surface area contributed by atoms with E-state index >= 15 is 0 Å². The minimum Gasteiger partial charge on any atom is -0.479 e. The predicted molar refractivity (Wildman–Crippen MR) is 341 cm³/mol. The summed E-state index contributed by atoms with van der Waals surface area (Å²) in [5.74, 6) is 7.93. The molecular weight excluding hydrogens is 1660 g/mol. The molecule has 0 saturated heterocycles. The Balaban J connectivity index is -0.000000203. The number of rotatable bonds is 6. The van der Waals surface area contributed by atoms with E-state index in [1.54, 1.807) is 41.7 Å². The summed E-state index contributed by atoms with van der Waals surface area (Å²) in [5.41, 5.74) is 7.46. The predicted octanol–water partition coefficient (Wildman–Crippen LogP) is 17.1. The molecule has 6 aromatic rings. The van der Waals surface area contributed by atoms with Gasteiger partial charge in [-0.3, -0.25) is 5.01 Å². The van der Waals surface area contributed by atoms with Crippen LogP contribution in [0.4, 0.5) is 32.8 Å². The summed E-state index contributed by atoms with van der Waals surface area (Å²) >= 11 is 5.05. The van der Waals surface area contributed by atoms with Gasteiger partial charge in [-0.1, -0.05) is 56.0 Å². The van der Waals surface area contributed by atoms with Gasteiger partial charge >= 0.3 is 117 Å². The molecule has 21 heteroatoms. The number of hydrogen-bond donors (Lipinski definition) is 0. The summed E-state index contributed by atoms with van der Waals surface area (Å²) in [6, 6.07) is 66.5. The van der Waals surface area contributed by atoms with Gasteiger partial charge in [-0.15, -0.1) is 47.4 Å². The molecular formula is C60H69FN7OP3Rh6S3. The molecule has 6 aliphatic rings. The van der Waals surface area contributed by atoms with Crippen molar-refractivity contribution in [3.63, 3.8) is 0 Å². The van der Waals surface area contributed by atoms with E-state index in [4.69, 9.17) is 4.74 Å². The van der Waals surface area contributed by atoms with E-state index in [2.05, 4.69) is 109 Å². The van der Waals surface area contributed by atoms with Gasteiger partial charge in [0.1, 0.15) is 18.2 Å². The molecule has 6 heterocycles. The van der Waals surface area contributed by atoms with Crippen LogP contribution in [0.3, 0.4) is 0 Å². The maximum Gasteiger partial charge on any atom is 2.00 e. The first-order chi connectivity index (χ1) is 34.0. The third kappa shape index (κ3) is 32.1. The van der Waals surface area contributed by atoms with Gasteiger partial charge in [-0.05, 0) is 56.1 Å². The zero-order valence-electron chi connectivity index (χ0n) is 46.3. The minimum absolute atomic E-state index is 0. The molecule has 3 unspecified atom stereocenters. The van der Waals surface area contributed by atoms with Crippen LogP contribution in [0.25, 0.3) is 0 Å². The molecule has 6 aliphatic heterocycles. The summed E-state index contributed by atoms with van der Waals surface area (Å²) in [4.78, 5) is 8.47. The molecule has 0 saturated carbocycles. The fraction of sp³-hybridized carbons (Fsp3) is 0.133. The third-order valence-electron chi connectivity index (χ3n) is 9.87. The van der Waals surface area contributed by atoms with Crippen molar-refractivity contribution >= 4 is 105 Å². The van der Waals surface area contributed by atoms with Crippen molar-refractivity contribution in [3.05, 3.63) is 274 Å². The SMILES string of the molecule is CP1C=CN(c2[c-]cccc2)C1.CP1CP(c2[c-]cccc2)C=C1F.[CH3-].[CH3-].[CH3-].[CH3-].[CH3-].[CH3-].[Rh+2].[Rh+2].[Rh+2].[Rh+2].[Rh+2].[Rh+2].[c-]1ccccc1N1C=COC1.[c-]1ccccc1N1C=CSC1.[c-]1ccccc1N1C=NSC1.[c-]1ccccc1N1CSC=N1. The van der Waals surface area contributed by atoms with Crippen molar-refractivity contribution in [2.75, 3.05) is 74.5 Å². The van der Waals surface area contributed by atoms with Crippen molar-refractivity contribution in [2.24, 2.45) is 9.50 Å². The molecule has 0 N–H and O–H groups in total. The normalized spacial score (nSPS) is 16.1. The largest absolute Gasteiger partial charge is 2.00 e. The van der Waals surface area contributed by atoms with Crippen LogP contribution in [-0.2, 0) is 122 Å². The summed E-state index contributed by atoms with van der Waals surface area (Å²) in [5, 5.41) is 9.35. The van der Waals surface area contributed by atoms with E-state index in [1.165, 1.54) is 11.0 Å². The van der Waals surface area contributed by atoms with Crippen molar-refractivity contribution < 1.29 is 126 Å². The first-order valence-corrected chi connectivity index (χ1v) is 30.4. The quantitative estimate of drug-likeness (QED) is 0.0702. The van der Waals surface area contributed by atoms with Gasteiger partial charge in [0.05, 0.1) is 23.2 Å². The molecule has 0 amide bonds. The Morgan fingerprint density at radius 3 is 1.40 bits per heavy atom. The maximum atomic E-state index is 13.1. The molecule has 12 rings (SSSR count). The van der Waals surface area contributed by atoms with Crippen molar-refractivity contribution in [1.29, 1.82) is 0 Å². The van der Waals surface area contributed by atoms with E-state index in [1.807, 2.05) is 168 Å². The monoisotopic (exact) mass is 1730 g/mol. The van der Waals surface area contributed by atoms with Gasteiger partial charge in [-0.25, -0.2) is 8.79 Å². The van der Waals surface area contributed by atoms with Crippen LogP contribution >= 0.6 is 59.2 Å². The summed E-state index contributed by atoms with van der Waals surface area (Å²) in [7, 11) is -0.771. The van der Waals surface area contributed by atoms with Crippen molar-refractivity contribution in [3.8, 4) is 0 Å². The van der Waals surface area contributed by atoms with Crippen LogP contribution in [0.15, 0.2) is 203 Å². The number of hydrogen-bond acceptors (Lipinski definition) is 11. The smallest absolute Gasteiger partial charge is 0.479 e. The fourth-order valence-corrected chi connectivity index (χ4v) is 14.8. The molecule has 6 radical (unpaired) electrons. The summed E-state index contributed by atoms with van der Waals surface area (Å²) < 4.78 is 22.2. The van der Waals surface area contributed by atoms with Crippen LogP contribution in [-0.4, -0.2) is 61.8 Å². The number of benzene rings is 6. The number of halogens is 1. The molecule has 0 bridgehead atoms. The standard InChI is InChI=1S/C10H10FP2.C10H11NP.C9H8NO.C9H8NS.2C8H7N2S.6CH3.6Rh/c1-12-8-13(7-10(12)11)9-5-3-2-4-6-9;1-12-8-7-11(9-12)10-5-3-2-4-6-10;2*1-2-4-9(5-3-1)10-6-7-11-8-10;1-2-4-8(5-3-1)10-7-11-6-9-10;1-2-4-8(5-3-1)10-6-9-11-7-10;;;;;;;;;;;;/h2-5,7H,8H2,1H3;2-5,7-8H,9H2,1H3;2*1-4,6-7H,8H2;2*1-4,6H,7H2;6*1H3;;;;;;/q12*-1;6*+2. The molecule has 81 heavy (non-hydrogen) atoms. The first kappa shape index (κ1) is 90.6. The number of thioether (sulfide) groups is 2.